The van der Waals surface area contributed by atoms with Gasteiger partial charge in [0, 0.05) is 36.4 Å². The molecular weight excluding hydrogens is 580 g/mol. The number of imidazole rings is 1. The molecule has 11 heteroatoms. The summed E-state index contributed by atoms with van der Waals surface area (Å²) in [5.74, 6) is -0.894. The Balaban J connectivity index is 1.41. The molecule has 1 aliphatic heterocycles. The molecular formula is C33H31ClN6O4. The second-order valence-electron chi connectivity index (χ2n) is 10.6. The van der Waals surface area contributed by atoms with E-state index in [1.54, 1.807) is 54.7 Å². The Morgan fingerprint density at radius 3 is 2.48 bits per heavy atom. The molecule has 10 nitrogen and oxygen atoms in total. The number of primary amides is 1. The van der Waals surface area contributed by atoms with Gasteiger partial charge in [-0.15, -0.1) is 0 Å². The number of fused-ring (bicyclic) bond motifs is 1. The first-order valence-corrected chi connectivity index (χ1v) is 14.5. The summed E-state index contributed by atoms with van der Waals surface area (Å²) in [4.78, 5) is 42.4. The van der Waals surface area contributed by atoms with E-state index < -0.39 is 17.9 Å². The predicted octanol–water partition coefficient (Wildman–Crippen LogP) is 4.29. The number of amides is 2. The van der Waals surface area contributed by atoms with Crippen molar-refractivity contribution in [1.82, 2.24) is 20.2 Å². The van der Waals surface area contributed by atoms with Crippen LogP contribution in [0.15, 0.2) is 79.3 Å². The summed E-state index contributed by atoms with van der Waals surface area (Å²) < 4.78 is 7.53. The third-order valence-electron chi connectivity index (χ3n) is 7.61. The standard InChI is InChI=1S/C33H31ClN6O4/c1-20(41)40-19-37-18-30(40)28(15-21-5-7-23(17-35)8-6-21)38-27-13-14-44-31-25(27)3-2-4-26(31)33(43)39-29(32(36)42)16-22-9-11-24(34)12-10-22/h2-12,18-19,27-29,38H,13-16H2,1H3,(H2,36,42)(H,39,43)/t27?,28-,29-/m0/s1. The number of carbonyl (C=O) groups is 3. The van der Waals surface area contributed by atoms with Gasteiger partial charge in [-0.2, -0.15) is 5.26 Å². The van der Waals surface area contributed by atoms with Crippen LogP contribution in [0.3, 0.4) is 0 Å². The van der Waals surface area contributed by atoms with Crippen molar-refractivity contribution in [3.05, 3.63) is 118 Å². The first-order chi connectivity index (χ1) is 21.2. The molecule has 1 aromatic heterocycles. The monoisotopic (exact) mass is 610 g/mol. The van der Waals surface area contributed by atoms with Crippen LogP contribution in [0.1, 0.15) is 68.5 Å². The van der Waals surface area contributed by atoms with Crippen molar-refractivity contribution in [2.24, 2.45) is 5.73 Å². The molecule has 44 heavy (non-hydrogen) atoms. The van der Waals surface area contributed by atoms with Gasteiger partial charge in [0.2, 0.25) is 11.8 Å². The van der Waals surface area contributed by atoms with E-state index in [2.05, 4.69) is 21.7 Å². The minimum Gasteiger partial charge on any atom is -0.492 e. The first kappa shape index (κ1) is 30.5. The number of nitriles is 1. The van der Waals surface area contributed by atoms with Crippen LogP contribution in [0.2, 0.25) is 5.02 Å². The van der Waals surface area contributed by atoms with Crippen LogP contribution in [-0.2, 0) is 17.6 Å². The highest BCUT2D eigenvalue weighted by Gasteiger charge is 2.30. The normalized spacial score (nSPS) is 15.2. The fourth-order valence-corrected chi connectivity index (χ4v) is 5.49. The molecule has 4 N–H and O–H groups in total. The van der Waals surface area contributed by atoms with Gasteiger partial charge in [0.25, 0.3) is 5.91 Å². The second kappa shape index (κ2) is 13.5. The van der Waals surface area contributed by atoms with Crippen molar-refractivity contribution in [3.63, 3.8) is 0 Å². The molecule has 3 atom stereocenters. The van der Waals surface area contributed by atoms with Crippen molar-refractivity contribution in [2.75, 3.05) is 6.61 Å². The number of hydrogen-bond donors (Lipinski definition) is 3. The maximum atomic E-state index is 13.5. The molecule has 0 saturated carbocycles. The lowest BCUT2D eigenvalue weighted by Crippen LogP contribution is -2.46. The number of ether oxygens (including phenoxy) is 1. The Morgan fingerprint density at radius 1 is 1.09 bits per heavy atom. The summed E-state index contributed by atoms with van der Waals surface area (Å²) in [6.07, 6.45) is 4.49. The summed E-state index contributed by atoms with van der Waals surface area (Å²) in [7, 11) is 0. The Bertz CT molecular complexity index is 1710. The van der Waals surface area contributed by atoms with E-state index in [4.69, 9.17) is 22.1 Å². The van der Waals surface area contributed by atoms with Gasteiger partial charge in [-0.25, -0.2) is 4.98 Å². The minimum atomic E-state index is -0.944. The van der Waals surface area contributed by atoms with Gasteiger partial charge in [0.05, 0.1) is 41.7 Å². The SMILES string of the molecule is CC(=O)n1cncc1[C@H](Cc1ccc(C#N)cc1)NC1CCOc2c(C(=O)N[C@@H](Cc3ccc(Cl)cc3)C(N)=O)cccc21. The van der Waals surface area contributed by atoms with Crippen molar-refractivity contribution in [3.8, 4) is 11.8 Å². The second-order valence-corrected chi connectivity index (χ2v) is 11.0. The summed E-state index contributed by atoms with van der Waals surface area (Å²) in [5.41, 5.74) is 9.72. The quantitative estimate of drug-likeness (QED) is 0.242. The lowest BCUT2D eigenvalue weighted by atomic mass is 9.94. The highest BCUT2D eigenvalue weighted by atomic mass is 35.5. The lowest BCUT2D eigenvalue weighted by Gasteiger charge is -2.32. The van der Waals surface area contributed by atoms with Gasteiger partial charge in [-0.05, 0) is 47.9 Å². The maximum Gasteiger partial charge on any atom is 0.255 e. The summed E-state index contributed by atoms with van der Waals surface area (Å²) >= 11 is 5.98. The molecule has 224 valence electrons. The largest absolute Gasteiger partial charge is 0.492 e. The van der Waals surface area contributed by atoms with Gasteiger partial charge < -0.3 is 21.1 Å². The minimum absolute atomic E-state index is 0.168. The molecule has 4 aromatic rings. The molecule has 0 aliphatic carbocycles. The summed E-state index contributed by atoms with van der Waals surface area (Å²) in [6, 6.07) is 20.2. The number of carbonyl (C=O) groups excluding carboxylic acids is 3. The smallest absolute Gasteiger partial charge is 0.255 e. The number of nitrogens with two attached hydrogens (primary N) is 1. The van der Waals surface area contributed by atoms with E-state index in [1.807, 2.05) is 18.2 Å². The predicted molar refractivity (Wildman–Crippen MR) is 164 cm³/mol. The maximum absolute atomic E-state index is 13.5. The molecule has 0 bridgehead atoms. The van der Waals surface area contributed by atoms with Crippen molar-refractivity contribution in [2.45, 2.75) is 44.3 Å². The average Bonchev–Trinajstić information content (AvgIpc) is 3.52. The number of benzene rings is 3. The number of hydrogen-bond acceptors (Lipinski definition) is 7. The van der Waals surface area contributed by atoms with Crippen molar-refractivity contribution < 1.29 is 19.1 Å². The van der Waals surface area contributed by atoms with E-state index in [-0.39, 0.29) is 30.0 Å². The molecule has 5 rings (SSSR count). The third kappa shape index (κ3) is 6.97. The molecule has 0 spiro atoms. The van der Waals surface area contributed by atoms with E-state index >= 15 is 0 Å². The molecule has 0 fully saturated rings. The number of para-hydroxylation sites is 1. The Kier molecular flexibility index (Phi) is 9.38. The van der Waals surface area contributed by atoms with Gasteiger partial charge >= 0.3 is 0 Å². The molecule has 2 heterocycles. The van der Waals surface area contributed by atoms with Crippen molar-refractivity contribution >= 4 is 29.3 Å². The lowest BCUT2D eigenvalue weighted by molar-refractivity contribution is -0.119. The summed E-state index contributed by atoms with van der Waals surface area (Å²) in [5, 5.41) is 16.2. The number of rotatable bonds is 10. The molecule has 1 unspecified atom stereocenters. The van der Waals surface area contributed by atoms with E-state index in [0.29, 0.717) is 41.5 Å². The van der Waals surface area contributed by atoms with E-state index in [1.165, 1.54) is 17.8 Å². The van der Waals surface area contributed by atoms with Gasteiger partial charge in [0.1, 0.15) is 18.1 Å². The van der Waals surface area contributed by atoms with Crippen molar-refractivity contribution in [1.29, 1.82) is 5.26 Å². The van der Waals surface area contributed by atoms with Crippen LogP contribution < -0.4 is 21.1 Å². The molecule has 1 aliphatic rings. The third-order valence-corrected chi connectivity index (χ3v) is 7.86. The molecule has 3 aromatic carbocycles. The number of nitrogens with one attached hydrogen (secondary N) is 2. The average molecular weight is 611 g/mol. The van der Waals surface area contributed by atoms with E-state index in [9.17, 15) is 19.6 Å². The topological polar surface area (TPSA) is 152 Å². The van der Waals surface area contributed by atoms with E-state index in [0.717, 1.165) is 16.7 Å². The van der Waals surface area contributed by atoms with Crippen LogP contribution in [0.5, 0.6) is 5.75 Å². The molecule has 0 saturated heterocycles. The Hall–Kier alpha value is -4.98. The van der Waals surface area contributed by atoms with Gasteiger partial charge in [-0.1, -0.05) is 48.0 Å². The number of halogens is 1. The van der Waals surface area contributed by atoms with Gasteiger partial charge in [-0.3, -0.25) is 19.0 Å². The van der Waals surface area contributed by atoms with Crippen LogP contribution in [-0.4, -0.2) is 39.9 Å². The van der Waals surface area contributed by atoms with Crippen LogP contribution in [0.25, 0.3) is 0 Å². The van der Waals surface area contributed by atoms with Crippen LogP contribution in [0.4, 0.5) is 0 Å². The van der Waals surface area contributed by atoms with Crippen LogP contribution >= 0.6 is 11.6 Å². The first-order valence-electron chi connectivity index (χ1n) is 14.1. The Labute approximate surface area is 259 Å². The molecule has 2 amide bonds. The highest BCUT2D eigenvalue weighted by molar-refractivity contribution is 6.30. The summed E-state index contributed by atoms with van der Waals surface area (Å²) in [6.45, 7) is 1.82. The van der Waals surface area contributed by atoms with Gasteiger partial charge in [0.15, 0.2) is 0 Å². The van der Waals surface area contributed by atoms with Crippen LogP contribution in [0, 0.1) is 11.3 Å². The number of aromatic nitrogens is 2. The fraction of sp³-hybridized carbons (Fsp3) is 0.242. The Morgan fingerprint density at radius 2 is 1.80 bits per heavy atom. The molecule has 0 radical (unpaired) electrons. The fourth-order valence-electron chi connectivity index (χ4n) is 5.36. The highest BCUT2D eigenvalue weighted by Crippen LogP contribution is 2.37. The number of nitrogens with zero attached hydrogens (tertiary/aromatic N) is 3. The zero-order chi connectivity index (χ0) is 31.2. The zero-order valence-electron chi connectivity index (χ0n) is 24.0. The zero-order valence-corrected chi connectivity index (χ0v) is 24.8.